The maximum atomic E-state index is 5.68. The van der Waals surface area contributed by atoms with Gasteiger partial charge in [-0.05, 0) is 42.3 Å². The van der Waals surface area contributed by atoms with E-state index in [0.29, 0.717) is 6.54 Å². The van der Waals surface area contributed by atoms with Gasteiger partial charge < -0.3 is 15.4 Å². The van der Waals surface area contributed by atoms with Crippen LogP contribution in [-0.4, -0.2) is 20.7 Å². The van der Waals surface area contributed by atoms with Crippen LogP contribution in [0.2, 0.25) is 0 Å². The smallest absolute Gasteiger partial charge is 0.118 e. The lowest BCUT2D eigenvalue weighted by atomic mass is 10.1. The van der Waals surface area contributed by atoms with Gasteiger partial charge in [0.2, 0.25) is 0 Å². The summed E-state index contributed by atoms with van der Waals surface area (Å²) in [7, 11) is 3.80. The molecule has 0 unspecified atom stereocenters. The van der Waals surface area contributed by atoms with Crippen LogP contribution in [0.15, 0.2) is 48.5 Å². The largest absolute Gasteiger partial charge is 0.497 e. The van der Waals surface area contributed by atoms with E-state index in [0.717, 1.165) is 18.7 Å². The Bertz CT molecular complexity index is 537. The molecule has 0 aliphatic carbocycles. The maximum Gasteiger partial charge on any atom is 0.118 e. The van der Waals surface area contributed by atoms with E-state index < -0.39 is 0 Å². The number of hydrogen-bond donors (Lipinski definition) is 1. The third kappa shape index (κ3) is 3.52. The van der Waals surface area contributed by atoms with E-state index in [-0.39, 0.29) is 0 Å². The first-order valence-electron chi connectivity index (χ1n) is 6.86. The fraction of sp³-hybridized carbons (Fsp3) is 0.294. The van der Waals surface area contributed by atoms with Crippen molar-refractivity contribution in [1.29, 1.82) is 0 Å². The van der Waals surface area contributed by atoms with Crippen LogP contribution in [0.1, 0.15) is 11.1 Å². The molecule has 2 N–H and O–H groups in total. The quantitative estimate of drug-likeness (QED) is 0.877. The maximum absolute atomic E-state index is 5.68. The van der Waals surface area contributed by atoms with Gasteiger partial charge in [-0.15, -0.1) is 0 Å². The van der Waals surface area contributed by atoms with Crippen molar-refractivity contribution in [3.63, 3.8) is 0 Å². The van der Waals surface area contributed by atoms with Crippen molar-refractivity contribution >= 4 is 5.69 Å². The molecule has 0 spiro atoms. The molecule has 0 saturated carbocycles. The summed E-state index contributed by atoms with van der Waals surface area (Å²) in [4.78, 5) is 2.26. The first-order chi connectivity index (χ1) is 9.74. The summed E-state index contributed by atoms with van der Waals surface area (Å²) in [5.41, 5.74) is 9.48. The average molecular weight is 270 g/mol. The number of hydrogen-bond acceptors (Lipinski definition) is 3. The second-order valence-corrected chi connectivity index (χ2v) is 4.87. The zero-order chi connectivity index (χ0) is 14.4. The van der Waals surface area contributed by atoms with Crippen LogP contribution >= 0.6 is 0 Å². The zero-order valence-electron chi connectivity index (χ0n) is 12.2. The molecule has 0 saturated heterocycles. The minimum atomic E-state index is 0.674. The summed E-state index contributed by atoms with van der Waals surface area (Å²) >= 11 is 0. The van der Waals surface area contributed by atoms with E-state index >= 15 is 0 Å². The SMILES string of the molecule is COc1ccc(CN(C)c2ccccc2CCN)cc1. The molecular weight excluding hydrogens is 248 g/mol. The van der Waals surface area contributed by atoms with Crippen LogP contribution in [0.25, 0.3) is 0 Å². The monoisotopic (exact) mass is 270 g/mol. The fourth-order valence-corrected chi connectivity index (χ4v) is 2.34. The molecule has 0 bridgehead atoms. The van der Waals surface area contributed by atoms with Gasteiger partial charge in [0.05, 0.1) is 7.11 Å². The van der Waals surface area contributed by atoms with Gasteiger partial charge >= 0.3 is 0 Å². The molecule has 0 aliphatic heterocycles. The molecule has 3 nitrogen and oxygen atoms in total. The molecule has 20 heavy (non-hydrogen) atoms. The Hall–Kier alpha value is -2.00. The first-order valence-corrected chi connectivity index (χ1v) is 6.86. The van der Waals surface area contributed by atoms with Gasteiger partial charge in [0.15, 0.2) is 0 Å². The minimum Gasteiger partial charge on any atom is -0.497 e. The van der Waals surface area contributed by atoms with Crippen molar-refractivity contribution in [2.45, 2.75) is 13.0 Å². The molecule has 106 valence electrons. The van der Waals surface area contributed by atoms with Crippen LogP contribution in [0.3, 0.4) is 0 Å². The molecule has 2 rings (SSSR count). The standard InChI is InChI=1S/C17H22N2O/c1-19(13-14-7-9-16(20-2)10-8-14)17-6-4-3-5-15(17)11-12-18/h3-10H,11-13,18H2,1-2H3. The highest BCUT2D eigenvalue weighted by Gasteiger charge is 2.07. The summed E-state index contributed by atoms with van der Waals surface area (Å²) in [6.45, 7) is 1.54. The third-order valence-corrected chi connectivity index (χ3v) is 3.40. The topological polar surface area (TPSA) is 38.5 Å². The van der Waals surface area contributed by atoms with E-state index in [9.17, 15) is 0 Å². The number of anilines is 1. The number of methoxy groups -OCH3 is 1. The molecule has 0 radical (unpaired) electrons. The molecule has 2 aromatic carbocycles. The number of rotatable bonds is 6. The molecule has 0 aliphatic rings. The Kier molecular flexibility index (Phi) is 5.02. The van der Waals surface area contributed by atoms with Crippen LogP contribution in [0, 0.1) is 0 Å². The lowest BCUT2D eigenvalue weighted by molar-refractivity contribution is 0.414. The molecule has 0 fully saturated rings. The van der Waals surface area contributed by atoms with E-state index in [1.54, 1.807) is 7.11 Å². The highest BCUT2D eigenvalue weighted by atomic mass is 16.5. The summed E-state index contributed by atoms with van der Waals surface area (Å²) in [5.74, 6) is 0.889. The van der Waals surface area contributed by atoms with Crippen LogP contribution in [0.4, 0.5) is 5.69 Å². The average Bonchev–Trinajstić information content (AvgIpc) is 2.49. The normalized spacial score (nSPS) is 10.3. The number of para-hydroxylation sites is 1. The third-order valence-electron chi connectivity index (χ3n) is 3.40. The van der Waals surface area contributed by atoms with Gasteiger partial charge in [0, 0.05) is 19.3 Å². The summed E-state index contributed by atoms with van der Waals surface area (Å²) in [6.07, 6.45) is 0.906. The summed E-state index contributed by atoms with van der Waals surface area (Å²) in [6, 6.07) is 16.6. The van der Waals surface area contributed by atoms with Crippen molar-refractivity contribution < 1.29 is 4.74 Å². The van der Waals surface area contributed by atoms with E-state index in [2.05, 4.69) is 48.3 Å². The Morgan fingerprint density at radius 2 is 1.75 bits per heavy atom. The van der Waals surface area contributed by atoms with Gasteiger partial charge in [-0.25, -0.2) is 0 Å². The second-order valence-electron chi connectivity index (χ2n) is 4.87. The Morgan fingerprint density at radius 1 is 1.05 bits per heavy atom. The minimum absolute atomic E-state index is 0.674. The van der Waals surface area contributed by atoms with Gasteiger partial charge in [0.1, 0.15) is 5.75 Å². The van der Waals surface area contributed by atoms with Gasteiger partial charge in [-0.3, -0.25) is 0 Å². The highest BCUT2D eigenvalue weighted by Crippen LogP contribution is 2.22. The van der Waals surface area contributed by atoms with Crippen molar-refractivity contribution in [3.8, 4) is 5.75 Å². The number of ether oxygens (including phenoxy) is 1. The fourth-order valence-electron chi connectivity index (χ4n) is 2.34. The molecule has 0 aromatic heterocycles. The second kappa shape index (κ2) is 6.96. The van der Waals surface area contributed by atoms with E-state index in [1.807, 2.05) is 12.1 Å². The molecule has 0 atom stereocenters. The lowest BCUT2D eigenvalue weighted by Gasteiger charge is -2.22. The number of nitrogens with zero attached hydrogens (tertiary/aromatic N) is 1. The first kappa shape index (κ1) is 14.4. The Morgan fingerprint density at radius 3 is 2.40 bits per heavy atom. The predicted octanol–water partition coefficient (Wildman–Crippen LogP) is 2.83. The van der Waals surface area contributed by atoms with Gasteiger partial charge in [0.25, 0.3) is 0 Å². The molecule has 0 amide bonds. The van der Waals surface area contributed by atoms with Crippen molar-refractivity contribution in [3.05, 3.63) is 59.7 Å². The number of benzene rings is 2. The Balaban J connectivity index is 2.12. The lowest BCUT2D eigenvalue weighted by Crippen LogP contribution is -2.18. The van der Waals surface area contributed by atoms with Crippen LogP contribution < -0.4 is 15.4 Å². The Labute approximate surface area is 121 Å². The van der Waals surface area contributed by atoms with Crippen molar-refractivity contribution in [2.24, 2.45) is 5.73 Å². The summed E-state index contributed by atoms with van der Waals surface area (Å²) < 4.78 is 5.18. The van der Waals surface area contributed by atoms with Gasteiger partial charge in [-0.1, -0.05) is 30.3 Å². The van der Waals surface area contributed by atoms with Crippen molar-refractivity contribution in [1.82, 2.24) is 0 Å². The summed E-state index contributed by atoms with van der Waals surface area (Å²) in [5, 5.41) is 0. The van der Waals surface area contributed by atoms with E-state index in [4.69, 9.17) is 10.5 Å². The highest BCUT2D eigenvalue weighted by molar-refractivity contribution is 5.53. The zero-order valence-corrected chi connectivity index (χ0v) is 12.2. The molecular formula is C17H22N2O. The predicted molar refractivity (Wildman–Crippen MR) is 84.3 cm³/mol. The van der Waals surface area contributed by atoms with Crippen LogP contribution in [-0.2, 0) is 13.0 Å². The van der Waals surface area contributed by atoms with Crippen molar-refractivity contribution in [2.75, 3.05) is 25.6 Å². The van der Waals surface area contributed by atoms with Gasteiger partial charge in [-0.2, -0.15) is 0 Å². The van der Waals surface area contributed by atoms with Crippen LogP contribution in [0.5, 0.6) is 5.75 Å². The van der Waals surface area contributed by atoms with E-state index in [1.165, 1.54) is 16.8 Å². The molecule has 0 heterocycles. The molecule has 3 heteroatoms. The number of nitrogens with two attached hydrogens (primary N) is 1. The molecule has 2 aromatic rings.